The third-order valence-electron chi connectivity index (χ3n) is 12.5. The van der Waals surface area contributed by atoms with E-state index in [9.17, 15) is 14.4 Å². The first-order valence-electron chi connectivity index (χ1n) is 29.9. The molecule has 0 fully saturated rings. The third-order valence-corrected chi connectivity index (χ3v) is 12.5. The van der Waals surface area contributed by atoms with Crippen molar-refractivity contribution in [3.8, 4) is 0 Å². The maximum absolute atomic E-state index is 12.9. The first kappa shape index (κ1) is 68.1. The highest BCUT2D eigenvalue weighted by molar-refractivity contribution is 5.71. The smallest absolute Gasteiger partial charge is 0.306 e. The van der Waals surface area contributed by atoms with Gasteiger partial charge in [-0.05, 0) is 122 Å². The zero-order valence-electron chi connectivity index (χ0n) is 46.9. The van der Waals surface area contributed by atoms with E-state index in [0.717, 1.165) is 135 Å². The molecule has 0 saturated heterocycles. The van der Waals surface area contributed by atoms with Crippen molar-refractivity contribution in [2.24, 2.45) is 0 Å². The van der Waals surface area contributed by atoms with E-state index >= 15 is 0 Å². The van der Waals surface area contributed by atoms with Crippen molar-refractivity contribution < 1.29 is 28.6 Å². The molecule has 0 aromatic rings. The Kier molecular flexibility index (Phi) is 56.4. The van der Waals surface area contributed by atoms with Crippen molar-refractivity contribution in [3.63, 3.8) is 0 Å². The molecule has 0 heterocycles. The zero-order valence-corrected chi connectivity index (χ0v) is 46.9. The molecule has 0 saturated carbocycles. The average molecular weight is 1000 g/mol. The van der Waals surface area contributed by atoms with Crippen LogP contribution in [0.1, 0.15) is 271 Å². The van der Waals surface area contributed by atoms with Crippen LogP contribution in [-0.4, -0.2) is 37.2 Å². The molecule has 0 amide bonds. The Bertz CT molecular complexity index is 1470. The van der Waals surface area contributed by atoms with Gasteiger partial charge in [0, 0.05) is 19.3 Å². The van der Waals surface area contributed by atoms with Crippen molar-refractivity contribution in [2.45, 2.75) is 277 Å². The summed E-state index contributed by atoms with van der Waals surface area (Å²) in [5.74, 6) is -0.932. The number of esters is 3. The Balaban J connectivity index is 4.37. The fourth-order valence-electron chi connectivity index (χ4n) is 8.01. The monoisotopic (exact) mass is 999 g/mol. The summed E-state index contributed by atoms with van der Waals surface area (Å²) in [5.41, 5.74) is 0. The Hall–Kier alpha value is -3.93. The van der Waals surface area contributed by atoms with E-state index in [4.69, 9.17) is 14.2 Å². The standard InChI is InChI=1S/C66H110O6/c1-4-7-10-13-16-19-22-24-26-28-30-32-33-35-36-38-40-42-44-47-50-53-56-59-65(68)71-62-63(61-70-64(67)58-55-52-49-46-21-18-15-12-9-6-3)72-66(69)60-57-54-51-48-45-43-41-39-37-34-31-29-27-25-23-20-17-14-11-8-5-2/h7,10,12,15-16,19,23-26,29-32,35-36,40,42,63H,4-6,8-9,11,13-14,17-18,20-22,27-28,33-34,37-39,41,43-62H2,1-3H3/b10-7-,15-12-,19-16-,25-23-,26-24-,31-29-,32-30-,36-35-,42-40-. The first-order valence-corrected chi connectivity index (χ1v) is 29.9. The molecule has 0 bridgehead atoms. The number of hydrogen-bond donors (Lipinski definition) is 0. The van der Waals surface area contributed by atoms with Gasteiger partial charge in [-0.3, -0.25) is 14.4 Å². The Morgan fingerprint density at radius 3 is 0.917 bits per heavy atom. The van der Waals surface area contributed by atoms with E-state index in [1.807, 2.05) is 0 Å². The van der Waals surface area contributed by atoms with Gasteiger partial charge in [0.25, 0.3) is 0 Å². The van der Waals surface area contributed by atoms with Crippen LogP contribution >= 0.6 is 0 Å². The number of unbranched alkanes of at least 4 members (excludes halogenated alkanes) is 24. The van der Waals surface area contributed by atoms with Crippen molar-refractivity contribution in [3.05, 3.63) is 109 Å². The van der Waals surface area contributed by atoms with Gasteiger partial charge in [0.1, 0.15) is 13.2 Å². The third kappa shape index (κ3) is 57.0. The summed E-state index contributed by atoms with van der Waals surface area (Å²) >= 11 is 0. The lowest BCUT2D eigenvalue weighted by molar-refractivity contribution is -0.167. The number of carbonyl (C=O) groups is 3. The van der Waals surface area contributed by atoms with Gasteiger partial charge in [-0.2, -0.15) is 0 Å². The van der Waals surface area contributed by atoms with Crippen LogP contribution in [0.25, 0.3) is 0 Å². The van der Waals surface area contributed by atoms with Crippen molar-refractivity contribution in [2.75, 3.05) is 13.2 Å². The first-order chi connectivity index (χ1) is 35.5. The highest BCUT2D eigenvalue weighted by Crippen LogP contribution is 2.15. The predicted molar refractivity (Wildman–Crippen MR) is 311 cm³/mol. The van der Waals surface area contributed by atoms with Crippen LogP contribution in [0.5, 0.6) is 0 Å². The molecule has 0 N–H and O–H groups in total. The van der Waals surface area contributed by atoms with Gasteiger partial charge in [0.05, 0.1) is 0 Å². The van der Waals surface area contributed by atoms with Crippen LogP contribution in [-0.2, 0) is 28.6 Å². The van der Waals surface area contributed by atoms with E-state index in [0.29, 0.717) is 19.3 Å². The van der Waals surface area contributed by atoms with Gasteiger partial charge in [0.2, 0.25) is 0 Å². The van der Waals surface area contributed by atoms with Crippen molar-refractivity contribution in [1.82, 2.24) is 0 Å². The Labute approximate surface area is 444 Å². The summed E-state index contributed by atoms with van der Waals surface area (Å²) in [4.78, 5) is 38.1. The van der Waals surface area contributed by atoms with E-state index in [-0.39, 0.29) is 31.1 Å². The molecule has 1 unspecified atom stereocenters. The van der Waals surface area contributed by atoms with Gasteiger partial charge in [0.15, 0.2) is 6.10 Å². The molecule has 410 valence electrons. The molecule has 1 atom stereocenters. The molecule has 0 aromatic carbocycles. The van der Waals surface area contributed by atoms with Crippen LogP contribution in [0.15, 0.2) is 109 Å². The summed E-state index contributed by atoms with van der Waals surface area (Å²) in [7, 11) is 0. The minimum absolute atomic E-state index is 0.0938. The molecule has 0 rings (SSSR count). The van der Waals surface area contributed by atoms with Crippen LogP contribution in [0.4, 0.5) is 0 Å². The zero-order chi connectivity index (χ0) is 52.2. The molecule has 0 aliphatic rings. The van der Waals surface area contributed by atoms with Crippen molar-refractivity contribution in [1.29, 1.82) is 0 Å². The number of rotatable bonds is 53. The average Bonchev–Trinajstić information content (AvgIpc) is 3.38. The fourth-order valence-corrected chi connectivity index (χ4v) is 8.01. The number of hydrogen-bond acceptors (Lipinski definition) is 6. The topological polar surface area (TPSA) is 78.9 Å². The van der Waals surface area contributed by atoms with Gasteiger partial charge < -0.3 is 14.2 Å². The van der Waals surface area contributed by atoms with Gasteiger partial charge >= 0.3 is 17.9 Å². The van der Waals surface area contributed by atoms with E-state index in [1.54, 1.807) is 0 Å². The van der Waals surface area contributed by atoms with Crippen LogP contribution < -0.4 is 0 Å². The van der Waals surface area contributed by atoms with Gasteiger partial charge in [-0.25, -0.2) is 0 Å². The normalized spacial score (nSPS) is 12.9. The molecule has 72 heavy (non-hydrogen) atoms. The van der Waals surface area contributed by atoms with Gasteiger partial charge in [-0.15, -0.1) is 0 Å². The number of ether oxygens (including phenoxy) is 3. The number of allylic oxidation sites excluding steroid dienone is 18. The highest BCUT2D eigenvalue weighted by atomic mass is 16.6. The molecular formula is C66H110O6. The fraction of sp³-hybridized carbons (Fsp3) is 0.682. The molecule has 0 aromatic heterocycles. The Morgan fingerprint density at radius 2 is 0.569 bits per heavy atom. The molecule has 0 radical (unpaired) electrons. The van der Waals surface area contributed by atoms with Gasteiger partial charge in [-0.1, -0.05) is 239 Å². The SMILES string of the molecule is CC/C=C\C/C=C\C/C=C\C/C=C\C/C=C\C/C=C\CCCCCCC(=O)OCC(COC(=O)CCCCCCC/C=C\CCC)OC(=O)CCCCCCCCCCC/C=C\C/C=C\CCCCCCC. The maximum atomic E-state index is 12.9. The predicted octanol–water partition coefficient (Wildman–Crippen LogP) is 20.3. The molecule has 6 nitrogen and oxygen atoms in total. The molecular weight excluding hydrogens is 889 g/mol. The highest BCUT2D eigenvalue weighted by Gasteiger charge is 2.19. The second-order valence-corrected chi connectivity index (χ2v) is 19.5. The lowest BCUT2D eigenvalue weighted by atomic mass is 10.1. The molecule has 0 aliphatic heterocycles. The lowest BCUT2D eigenvalue weighted by Crippen LogP contribution is -2.30. The minimum Gasteiger partial charge on any atom is -0.462 e. The lowest BCUT2D eigenvalue weighted by Gasteiger charge is -2.18. The van der Waals surface area contributed by atoms with E-state index in [2.05, 4.69) is 130 Å². The molecule has 0 spiro atoms. The van der Waals surface area contributed by atoms with E-state index in [1.165, 1.54) is 96.3 Å². The summed E-state index contributed by atoms with van der Waals surface area (Å²) < 4.78 is 16.8. The second-order valence-electron chi connectivity index (χ2n) is 19.5. The summed E-state index contributed by atoms with van der Waals surface area (Å²) in [6.07, 6.45) is 80.9. The summed E-state index contributed by atoms with van der Waals surface area (Å²) in [6.45, 7) is 6.43. The van der Waals surface area contributed by atoms with E-state index < -0.39 is 6.10 Å². The number of carbonyl (C=O) groups excluding carboxylic acids is 3. The Morgan fingerprint density at radius 1 is 0.292 bits per heavy atom. The minimum atomic E-state index is -0.796. The van der Waals surface area contributed by atoms with Crippen LogP contribution in [0.2, 0.25) is 0 Å². The summed E-state index contributed by atoms with van der Waals surface area (Å²) in [5, 5.41) is 0. The molecule has 6 heteroatoms. The van der Waals surface area contributed by atoms with Crippen LogP contribution in [0, 0.1) is 0 Å². The summed E-state index contributed by atoms with van der Waals surface area (Å²) in [6, 6.07) is 0. The largest absolute Gasteiger partial charge is 0.462 e. The van der Waals surface area contributed by atoms with Crippen molar-refractivity contribution >= 4 is 17.9 Å². The van der Waals surface area contributed by atoms with Crippen LogP contribution in [0.3, 0.4) is 0 Å². The molecule has 0 aliphatic carbocycles. The maximum Gasteiger partial charge on any atom is 0.306 e. The second kappa shape index (κ2) is 59.6. The quantitative estimate of drug-likeness (QED) is 0.0261.